The molecule has 1 aromatic carbocycles. The van der Waals surface area contributed by atoms with Crippen molar-refractivity contribution in [2.24, 2.45) is 0 Å². The number of hydrogen-bond acceptors (Lipinski definition) is 5. The Bertz CT molecular complexity index is 601. The second kappa shape index (κ2) is 8.84. The molecule has 0 saturated carbocycles. The smallest absolute Gasteiger partial charge is 0.223 e. The average molecular weight is 361 g/mol. The van der Waals surface area contributed by atoms with E-state index in [2.05, 4.69) is 28.8 Å². The maximum absolute atomic E-state index is 12.5. The Kier molecular flexibility index (Phi) is 6.51. The Labute approximate surface area is 157 Å². The van der Waals surface area contributed by atoms with Crippen molar-refractivity contribution in [3.63, 3.8) is 0 Å². The molecule has 2 saturated heterocycles. The summed E-state index contributed by atoms with van der Waals surface area (Å²) in [7, 11) is 4.31. The first-order chi connectivity index (χ1) is 12.5. The van der Waals surface area contributed by atoms with Crippen molar-refractivity contribution < 1.29 is 9.90 Å². The SMILES string of the molecule is CN1CC[C@H](N(C)CCC(=O)N2CCN(Cc3cccc(O)c3)CC2)C1. The molecule has 0 unspecified atom stereocenters. The fourth-order valence-electron chi connectivity index (χ4n) is 3.95. The maximum atomic E-state index is 12.5. The van der Waals surface area contributed by atoms with Crippen LogP contribution in [-0.2, 0) is 11.3 Å². The van der Waals surface area contributed by atoms with Crippen molar-refractivity contribution in [3.05, 3.63) is 29.8 Å². The number of likely N-dealkylation sites (tertiary alicyclic amines) is 1. The predicted octanol–water partition coefficient (Wildman–Crippen LogP) is 1.06. The van der Waals surface area contributed by atoms with Gasteiger partial charge in [0, 0.05) is 58.3 Å². The monoisotopic (exact) mass is 360 g/mol. The molecule has 2 heterocycles. The van der Waals surface area contributed by atoms with Gasteiger partial charge in [-0.2, -0.15) is 0 Å². The van der Waals surface area contributed by atoms with Crippen LogP contribution >= 0.6 is 0 Å². The highest BCUT2D eigenvalue weighted by molar-refractivity contribution is 5.76. The second-order valence-electron chi connectivity index (χ2n) is 7.76. The number of nitrogens with zero attached hydrogens (tertiary/aromatic N) is 4. The van der Waals surface area contributed by atoms with Gasteiger partial charge in [0.05, 0.1) is 0 Å². The molecule has 0 aliphatic carbocycles. The summed E-state index contributed by atoms with van der Waals surface area (Å²) in [4.78, 5) is 21.6. The molecule has 0 spiro atoms. The first-order valence-corrected chi connectivity index (χ1v) is 9.68. The van der Waals surface area contributed by atoms with Crippen molar-refractivity contribution in [2.45, 2.75) is 25.4 Å². The molecule has 2 aliphatic rings. The van der Waals surface area contributed by atoms with Gasteiger partial charge in [-0.05, 0) is 44.8 Å². The molecule has 1 N–H and O–H groups in total. The molecular weight excluding hydrogens is 328 g/mol. The molecule has 26 heavy (non-hydrogen) atoms. The van der Waals surface area contributed by atoms with Crippen LogP contribution in [0.1, 0.15) is 18.4 Å². The van der Waals surface area contributed by atoms with Crippen LogP contribution in [0.25, 0.3) is 0 Å². The van der Waals surface area contributed by atoms with Gasteiger partial charge in [-0.1, -0.05) is 12.1 Å². The fourth-order valence-corrected chi connectivity index (χ4v) is 3.95. The number of piperazine rings is 1. The minimum Gasteiger partial charge on any atom is -0.508 e. The summed E-state index contributed by atoms with van der Waals surface area (Å²) >= 11 is 0. The minimum atomic E-state index is 0.278. The molecule has 1 atom stereocenters. The molecule has 6 nitrogen and oxygen atoms in total. The van der Waals surface area contributed by atoms with E-state index >= 15 is 0 Å². The Hall–Kier alpha value is -1.63. The van der Waals surface area contributed by atoms with Crippen LogP contribution in [0.5, 0.6) is 5.75 Å². The zero-order valence-electron chi connectivity index (χ0n) is 16.1. The molecule has 0 aromatic heterocycles. The zero-order chi connectivity index (χ0) is 18.5. The number of aromatic hydroxyl groups is 1. The van der Waals surface area contributed by atoms with Gasteiger partial charge in [-0.25, -0.2) is 0 Å². The number of likely N-dealkylation sites (N-methyl/N-ethyl adjacent to an activating group) is 2. The van der Waals surface area contributed by atoms with Gasteiger partial charge in [0.25, 0.3) is 0 Å². The van der Waals surface area contributed by atoms with E-state index in [1.807, 2.05) is 23.1 Å². The van der Waals surface area contributed by atoms with E-state index in [4.69, 9.17) is 0 Å². The van der Waals surface area contributed by atoms with Gasteiger partial charge >= 0.3 is 0 Å². The van der Waals surface area contributed by atoms with E-state index < -0.39 is 0 Å². The van der Waals surface area contributed by atoms with Crippen molar-refractivity contribution in [1.29, 1.82) is 0 Å². The Balaban J connectivity index is 1.38. The number of benzene rings is 1. The lowest BCUT2D eigenvalue weighted by molar-refractivity contribution is -0.133. The molecule has 144 valence electrons. The Morgan fingerprint density at radius 3 is 2.65 bits per heavy atom. The third kappa shape index (κ3) is 5.19. The third-order valence-electron chi connectivity index (χ3n) is 5.71. The average Bonchev–Trinajstić information content (AvgIpc) is 3.06. The van der Waals surface area contributed by atoms with Crippen LogP contribution in [0.15, 0.2) is 24.3 Å². The van der Waals surface area contributed by atoms with Gasteiger partial charge in [0.2, 0.25) is 5.91 Å². The standard InChI is InChI=1S/C20H32N4O2/c1-21-8-6-18(16-21)22(2)9-7-20(26)24-12-10-23(11-13-24)15-17-4-3-5-19(25)14-17/h3-5,14,18,25H,6-13,15-16H2,1-2H3/t18-/m0/s1. The Morgan fingerprint density at radius 1 is 1.23 bits per heavy atom. The van der Waals surface area contributed by atoms with Crippen molar-refractivity contribution >= 4 is 5.91 Å². The lowest BCUT2D eigenvalue weighted by Crippen LogP contribution is -2.49. The summed E-state index contributed by atoms with van der Waals surface area (Å²) in [6.07, 6.45) is 1.82. The molecule has 0 radical (unpaired) electrons. The number of phenols is 1. The van der Waals surface area contributed by atoms with Gasteiger partial charge in [0.1, 0.15) is 5.75 Å². The summed E-state index contributed by atoms with van der Waals surface area (Å²) < 4.78 is 0. The minimum absolute atomic E-state index is 0.278. The molecule has 1 amide bonds. The molecule has 2 aliphatic heterocycles. The predicted molar refractivity (Wildman–Crippen MR) is 103 cm³/mol. The summed E-state index contributed by atoms with van der Waals surface area (Å²) in [5.74, 6) is 0.592. The van der Waals surface area contributed by atoms with E-state index in [1.54, 1.807) is 6.07 Å². The zero-order valence-corrected chi connectivity index (χ0v) is 16.1. The summed E-state index contributed by atoms with van der Waals surface area (Å²) in [5.41, 5.74) is 1.12. The lowest BCUT2D eigenvalue weighted by atomic mass is 10.2. The number of carbonyl (C=O) groups is 1. The highest BCUT2D eigenvalue weighted by Crippen LogP contribution is 2.15. The maximum Gasteiger partial charge on any atom is 0.223 e. The van der Waals surface area contributed by atoms with Crippen LogP contribution in [0, 0.1) is 0 Å². The quantitative estimate of drug-likeness (QED) is 0.822. The Morgan fingerprint density at radius 2 is 2.00 bits per heavy atom. The molecule has 0 bridgehead atoms. The van der Waals surface area contributed by atoms with Crippen molar-refractivity contribution in [1.82, 2.24) is 19.6 Å². The van der Waals surface area contributed by atoms with Crippen molar-refractivity contribution in [3.8, 4) is 5.75 Å². The van der Waals surface area contributed by atoms with Gasteiger partial charge in [0.15, 0.2) is 0 Å². The summed E-state index contributed by atoms with van der Waals surface area (Å²) in [6.45, 7) is 7.33. The van der Waals surface area contributed by atoms with E-state index in [1.165, 1.54) is 6.42 Å². The second-order valence-corrected chi connectivity index (χ2v) is 7.76. The van der Waals surface area contributed by atoms with E-state index in [9.17, 15) is 9.90 Å². The number of phenolic OH excluding ortho intramolecular Hbond substituents is 1. The van der Waals surface area contributed by atoms with Gasteiger partial charge in [-0.3, -0.25) is 9.69 Å². The fraction of sp³-hybridized carbons (Fsp3) is 0.650. The molecule has 1 aromatic rings. The van der Waals surface area contributed by atoms with E-state index in [-0.39, 0.29) is 5.91 Å². The van der Waals surface area contributed by atoms with Crippen LogP contribution in [0.2, 0.25) is 0 Å². The molecule has 2 fully saturated rings. The number of hydrogen-bond donors (Lipinski definition) is 1. The largest absolute Gasteiger partial charge is 0.508 e. The first-order valence-electron chi connectivity index (χ1n) is 9.68. The molecule has 3 rings (SSSR count). The number of carbonyl (C=O) groups excluding carboxylic acids is 1. The number of rotatable bonds is 6. The third-order valence-corrected chi connectivity index (χ3v) is 5.71. The molecule has 6 heteroatoms. The van der Waals surface area contributed by atoms with Crippen LogP contribution in [0.4, 0.5) is 0 Å². The van der Waals surface area contributed by atoms with Crippen LogP contribution in [0.3, 0.4) is 0 Å². The van der Waals surface area contributed by atoms with E-state index in [0.717, 1.165) is 57.9 Å². The number of amides is 1. The normalized spacial score (nSPS) is 22.3. The van der Waals surface area contributed by atoms with Gasteiger partial charge < -0.3 is 19.8 Å². The van der Waals surface area contributed by atoms with Crippen molar-refractivity contribution in [2.75, 3.05) is 59.9 Å². The first kappa shape index (κ1) is 19.1. The highest BCUT2D eigenvalue weighted by Gasteiger charge is 2.25. The lowest BCUT2D eigenvalue weighted by Gasteiger charge is -2.35. The highest BCUT2D eigenvalue weighted by atomic mass is 16.3. The van der Waals surface area contributed by atoms with Crippen LogP contribution in [-0.4, -0.2) is 96.6 Å². The topological polar surface area (TPSA) is 50.3 Å². The van der Waals surface area contributed by atoms with Gasteiger partial charge in [-0.15, -0.1) is 0 Å². The van der Waals surface area contributed by atoms with Crippen LogP contribution < -0.4 is 0 Å². The van der Waals surface area contributed by atoms with E-state index in [0.29, 0.717) is 18.2 Å². The molecular formula is C20H32N4O2. The summed E-state index contributed by atoms with van der Waals surface area (Å²) in [5, 5.41) is 9.58. The summed E-state index contributed by atoms with van der Waals surface area (Å²) in [6, 6.07) is 8.01.